The van der Waals surface area contributed by atoms with Crippen LogP contribution in [-0.4, -0.2) is 72.7 Å². The first-order chi connectivity index (χ1) is 17.4. The van der Waals surface area contributed by atoms with E-state index in [4.69, 9.17) is 0 Å². The van der Waals surface area contributed by atoms with Crippen LogP contribution in [0.4, 0.5) is 17.6 Å². The summed E-state index contributed by atoms with van der Waals surface area (Å²) < 4.78 is 57.0. The molecule has 1 N–H and O–H groups in total. The third-order valence-electron chi connectivity index (χ3n) is 6.90. The van der Waals surface area contributed by atoms with Crippen LogP contribution < -0.4 is 0 Å². The number of aromatic nitrogens is 5. The summed E-state index contributed by atoms with van der Waals surface area (Å²) in [6.45, 7) is 1.86. The predicted octanol–water partition coefficient (Wildman–Crippen LogP) is 3.38. The number of piperidine rings is 1. The molecule has 2 saturated heterocycles. The van der Waals surface area contributed by atoms with E-state index < -0.39 is 34.7 Å². The molecule has 8 nitrogen and oxygen atoms in total. The maximum absolute atomic E-state index is 14.0. The Hall–Kier alpha value is -3.80. The molecule has 0 aliphatic carbocycles. The zero-order chi connectivity index (χ0) is 25.0. The number of amides is 1. The molecule has 2 aliphatic heterocycles. The highest BCUT2D eigenvalue weighted by molar-refractivity contribution is 5.95. The van der Waals surface area contributed by atoms with Gasteiger partial charge in [0.2, 0.25) is 0 Å². The molecule has 0 bridgehead atoms. The number of hydrogen-bond donors (Lipinski definition) is 1. The van der Waals surface area contributed by atoms with Crippen molar-refractivity contribution in [1.82, 2.24) is 34.5 Å². The number of benzene rings is 1. The fourth-order valence-corrected chi connectivity index (χ4v) is 4.90. The second-order valence-electron chi connectivity index (χ2n) is 8.97. The summed E-state index contributed by atoms with van der Waals surface area (Å²) in [5.74, 6) is -7.55. The van der Waals surface area contributed by atoms with Gasteiger partial charge in [0, 0.05) is 61.6 Å². The maximum atomic E-state index is 14.0. The summed E-state index contributed by atoms with van der Waals surface area (Å²) in [4.78, 5) is 27.8. The lowest BCUT2D eigenvalue weighted by Crippen LogP contribution is -2.56. The van der Waals surface area contributed by atoms with E-state index >= 15 is 0 Å². The Morgan fingerprint density at radius 3 is 2.47 bits per heavy atom. The molecule has 5 heterocycles. The highest BCUT2D eigenvalue weighted by Gasteiger charge is 2.38. The van der Waals surface area contributed by atoms with Gasteiger partial charge in [0.1, 0.15) is 23.6 Å². The molecule has 1 aromatic carbocycles. The van der Waals surface area contributed by atoms with E-state index in [-0.39, 0.29) is 25.2 Å². The lowest BCUT2D eigenvalue weighted by molar-refractivity contribution is 0.0506. The monoisotopic (exact) mass is 498 g/mol. The molecular weight excluding hydrogens is 478 g/mol. The molecule has 0 atom stereocenters. The quantitative estimate of drug-likeness (QED) is 0.345. The number of likely N-dealkylation sites (tertiary alicyclic amines) is 2. The van der Waals surface area contributed by atoms with Gasteiger partial charge in [-0.05, 0) is 18.9 Å². The van der Waals surface area contributed by atoms with Crippen molar-refractivity contribution in [1.29, 1.82) is 0 Å². The van der Waals surface area contributed by atoms with Crippen LogP contribution >= 0.6 is 0 Å². The Morgan fingerprint density at radius 2 is 1.75 bits per heavy atom. The SMILES string of the molecule is O=C(c1c(F)c(F)cc(F)c1F)N1CCC(N2C[C](n3cc(-c4ncnc5[nH]ccc45)cn3)C2)CC1. The zero-order valence-electron chi connectivity index (χ0n) is 18.9. The minimum Gasteiger partial charge on any atom is -0.346 e. The number of nitrogens with zero attached hydrogens (tertiary/aromatic N) is 6. The molecule has 3 aromatic heterocycles. The molecule has 0 unspecified atom stereocenters. The van der Waals surface area contributed by atoms with Crippen LogP contribution in [0.2, 0.25) is 0 Å². The molecule has 1 amide bonds. The van der Waals surface area contributed by atoms with Crippen LogP contribution in [0, 0.1) is 29.3 Å². The Kier molecular flexibility index (Phi) is 5.47. The van der Waals surface area contributed by atoms with E-state index in [1.165, 1.54) is 11.2 Å². The van der Waals surface area contributed by atoms with Gasteiger partial charge in [-0.3, -0.25) is 14.4 Å². The number of aromatic amines is 1. The van der Waals surface area contributed by atoms with Crippen molar-refractivity contribution < 1.29 is 22.4 Å². The Labute approximate surface area is 202 Å². The van der Waals surface area contributed by atoms with Crippen LogP contribution in [0.15, 0.2) is 37.1 Å². The average Bonchev–Trinajstić information content (AvgIpc) is 3.52. The fraction of sp³-hybridized carbons (Fsp3) is 0.292. The third-order valence-corrected chi connectivity index (χ3v) is 6.90. The van der Waals surface area contributed by atoms with Crippen molar-refractivity contribution in [2.24, 2.45) is 0 Å². The Balaban J connectivity index is 1.07. The van der Waals surface area contributed by atoms with E-state index in [0.29, 0.717) is 25.9 Å². The summed E-state index contributed by atoms with van der Waals surface area (Å²) in [7, 11) is 0. The van der Waals surface area contributed by atoms with E-state index in [1.54, 1.807) is 6.20 Å². The van der Waals surface area contributed by atoms with Gasteiger partial charge in [-0.1, -0.05) is 0 Å². The van der Waals surface area contributed by atoms with Gasteiger partial charge >= 0.3 is 0 Å². The van der Waals surface area contributed by atoms with Crippen molar-refractivity contribution in [3.8, 4) is 11.3 Å². The summed E-state index contributed by atoms with van der Waals surface area (Å²) in [5.41, 5.74) is 1.26. The zero-order valence-corrected chi connectivity index (χ0v) is 18.9. The van der Waals surface area contributed by atoms with Gasteiger partial charge in [-0.25, -0.2) is 27.5 Å². The van der Waals surface area contributed by atoms with Crippen LogP contribution in [0.5, 0.6) is 0 Å². The van der Waals surface area contributed by atoms with Gasteiger partial charge in [-0.15, -0.1) is 0 Å². The molecule has 0 spiro atoms. The maximum Gasteiger partial charge on any atom is 0.260 e. The second-order valence-corrected chi connectivity index (χ2v) is 8.97. The Morgan fingerprint density at radius 1 is 1.03 bits per heavy atom. The van der Waals surface area contributed by atoms with Crippen molar-refractivity contribution in [2.75, 3.05) is 26.2 Å². The topological polar surface area (TPSA) is 82.9 Å². The molecule has 36 heavy (non-hydrogen) atoms. The van der Waals surface area contributed by atoms with E-state index in [1.807, 2.05) is 23.1 Å². The predicted molar refractivity (Wildman–Crippen MR) is 121 cm³/mol. The molecule has 4 aromatic rings. The van der Waals surface area contributed by atoms with Gasteiger partial charge < -0.3 is 9.88 Å². The van der Waals surface area contributed by atoms with E-state index in [2.05, 4.69) is 25.0 Å². The largest absolute Gasteiger partial charge is 0.346 e. The van der Waals surface area contributed by atoms with Crippen molar-refractivity contribution in [2.45, 2.75) is 18.9 Å². The molecule has 185 valence electrons. The highest BCUT2D eigenvalue weighted by Crippen LogP contribution is 2.31. The lowest BCUT2D eigenvalue weighted by Gasteiger charge is -2.46. The molecular formula is C24H20F4N7O. The van der Waals surface area contributed by atoms with Crippen LogP contribution in [0.3, 0.4) is 0 Å². The normalized spacial score (nSPS) is 17.6. The van der Waals surface area contributed by atoms with Gasteiger partial charge in [0.15, 0.2) is 23.3 Å². The number of rotatable bonds is 4. The van der Waals surface area contributed by atoms with Gasteiger partial charge in [0.05, 0.1) is 11.9 Å². The molecule has 12 heteroatoms. The summed E-state index contributed by atoms with van der Waals surface area (Å²) in [6.07, 6.45) is 8.18. The lowest BCUT2D eigenvalue weighted by atomic mass is 9.97. The summed E-state index contributed by atoms with van der Waals surface area (Å²) in [6, 6.07) is 3.31. The van der Waals surface area contributed by atoms with Crippen molar-refractivity contribution >= 4 is 16.9 Å². The molecule has 0 saturated carbocycles. The fourth-order valence-electron chi connectivity index (χ4n) is 4.90. The number of hydrogen-bond acceptors (Lipinski definition) is 5. The van der Waals surface area contributed by atoms with Crippen LogP contribution in [0.25, 0.3) is 22.3 Å². The smallest absolute Gasteiger partial charge is 0.260 e. The molecule has 1 radical (unpaired) electrons. The summed E-state index contributed by atoms with van der Waals surface area (Å²) in [5, 5.41) is 5.40. The van der Waals surface area contributed by atoms with Gasteiger partial charge in [-0.2, -0.15) is 5.10 Å². The third kappa shape index (κ3) is 3.72. The molecule has 2 aliphatic rings. The molecule has 6 rings (SSSR count). The highest BCUT2D eigenvalue weighted by atomic mass is 19.2. The van der Waals surface area contributed by atoms with Crippen LogP contribution in [0.1, 0.15) is 23.2 Å². The van der Waals surface area contributed by atoms with Gasteiger partial charge in [0.25, 0.3) is 5.91 Å². The van der Waals surface area contributed by atoms with Crippen LogP contribution in [-0.2, 0) is 0 Å². The number of H-pyrrole nitrogens is 1. The first kappa shape index (κ1) is 22.7. The number of halogens is 4. The summed E-state index contributed by atoms with van der Waals surface area (Å²) >= 11 is 0. The van der Waals surface area contributed by atoms with Crippen molar-refractivity contribution in [3.05, 3.63) is 71.9 Å². The number of carbonyl (C=O) groups excluding carboxylic acids is 1. The van der Waals surface area contributed by atoms with E-state index in [9.17, 15) is 22.4 Å². The molecule has 2 fully saturated rings. The number of nitrogens with one attached hydrogen (secondary N) is 1. The first-order valence-corrected chi connectivity index (χ1v) is 11.4. The first-order valence-electron chi connectivity index (χ1n) is 11.4. The number of fused-ring (bicyclic) bond motifs is 1. The minimum atomic E-state index is -1.67. The minimum absolute atomic E-state index is 0.0998. The standard InChI is InChI=1S/C24H20F4N7O/c25-17-7-18(26)21(28)19(20(17)27)24(36)33-5-2-14(3-6-33)34-10-15(11-34)35-9-13(8-32-35)22-16-1-4-29-23(16)31-12-30-22/h1,4,7-9,12,14H,2-3,5-6,10-11H2,(H,29,30,31). The van der Waals surface area contributed by atoms with E-state index in [0.717, 1.165) is 28.3 Å². The second kappa shape index (κ2) is 8.70. The number of carbonyl (C=O) groups is 1. The van der Waals surface area contributed by atoms with Crippen molar-refractivity contribution in [3.63, 3.8) is 0 Å². The Bertz CT molecular complexity index is 1430. The average molecular weight is 498 g/mol.